The van der Waals surface area contributed by atoms with Gasteiger partial charge in [-0.1, -0.05) is 194 Å². The maximum atomic E-state index is 5.17. The summed E-state index contributed by atoms with van der Waals surface area (Å²) >= 11 is 0. The van der Waals surface area contributed by atoms with Crippen molar-refractivity contribution in [3.05, 3.63) is 224 Å². The van der Waals surface area contributed by atoms with Gasteiger partial charge in [0.2, 0.25) is 0 Å². The SMILES string of the molecule is c1ccc(-c2cc(-c3ccc(-n4c5c(-c6ccc7c8ccccc8c8ccccc8c7c6)c6ccccc6cc5c5ccc6ccccc6c54)cc3)nc(-c3ccccc3)n2)cc1. The van der Waals surface area contributed by atoms with Crippen LogP contribution in [0.15, 0.2) is 224 Å². The summed E-state index contributed by atoms with van der Waals surface area (Å²) < 4.78 is 2.52. The van der Waals surface area contributed by atoms with Crippen molar-refractivity contribution in [2.24, 2.45) is 0 Å². The number of benzene rings is 11. The molecule has 0 spiro atoms. The van der Waals surface area contributed by atoms with Gasteiger partial charge in [-0.2, -0.15) is 0 Å². The van der Waals surface area contributed by atoms with Gasteiger partial charge in [-0.15, -0.1) is 0 Å². The molecule has 0 bridgehead atoms. The molecule has 0 N–H and O–H groups in total. The van der Waals surface area contributed by atoms with E-state index in [0.29, 0.717) is 5.82 Å². The molecule has 0 amide bonds. The van der Waals surface area contributed by atoms with Crippen LogP contribution < -0.4 is 0 Å². The Balaban J connectivity index is 1.09. The lowest BCUT2D eigenvalue weighted by Gasteiger charge is -2.17. The van der Waals surface area contributed by atoms with Gasteiger partial charge in [0.05, 0.1) is 22.4 Å². The molecule has 0 fully saturated rings. The lowest BCUT2D eigenvalue weighted by molar-refractivity contribution is 1.17. The van der Waals surface area contributed by atoms with Crippen molar-refractivity contribution in [1.29, 1.82) is 0 Å². The standard InChI is InChI=1S/C60H37N3/c1-3-16-39(17-4-1)55-37-56(62-60(61-55)41-18-5-2-6-19-41)40-27-31-44(32-28-40)63-58-46-22-10-7-15-38(46)29-34-52(58)54-35-42-20-8-9-21-45(42)57(59(54)63)43-30-33-51-49-25-12-11-23-47(49)48-24-13-14-26-50(48)53(51)36-43/h1-37H. The molecule has 0 radical (unpaired) electrons. The average Bonchev–Trinajstić information content (AvgIpc) is 3.70. The van der Waals surface area contributed by atoms with Gasteiger partial charge < -0.3 is 4.57 Å². The third-order valence-electron chi connectivity index (χ3n) is 12.9. The van der Waals surface area contributed by atoms with Gasteiger partial charge >= 0.3 is 0 Å². The van der Waals surface area contributed by atoms with Crippen molar-refractivity contribution in [3.63, 3.8) is 0 Å². The molecule has 0 saturated heterocycles. The highest BCUT2D eigenvalue weighted by Gasteiger charge is 2.22. The van der Waals surface area contributed by atoms with Crippen molar-refractivity contribution >= 4 is 75.7 Å². The van der Waals surface area contributed by atoms with E-state index in [2.05, 4.69) is 205 Å². The van der Waals surface area contributed by atoms with E-state index in [9.17, 15) is 0 Å². The third-order valence-corrected chi connectivity index (χ3v) is 12.9. The molecule has 2 heterocycles. The zero-order valence-electron chi connectivity index (χ0n) is 34.2. The first-order valence-electron chi connectivity index (χ1n) is 21.6. The molecule has 0 aliphatic carbocycles. The van der Waals surface area contributed by atoms with E-state index in [1.165, 1.54) is 86.8 Å². The van der Waals surface area contributed by atoms with Crippen LogP contribution in [-0.2, 0) is 0 Å². The molecule has 13 aromatic rings. The van der Waals surface area contributed by atoms with Gasteiger partial charge in [0, 0.05) is 44.1 Å². The Kier molecular flexibility index (Phi) is 7.91. The van der Waals surface area contributed by atoms with Crippen LogP contribution in [0.3, 0.4) is 0 Å². The van der Waals surface area contributed by atoms with Crippen molar-refractivity contribution < 1.29 is 0 Å². The van der Waals surface area contributed by atoms with Crippen molar-refractivity contribution in [1.82, 2.24) is 14.5 Å². The molecular formula is C60H37N3. The summed E-state index contributed by atoms with van der Waals surface area (Å²) in [4.78, 5) is 10.2. The molecule has 0 saturated carbocycles. The minimum Gasteiger partial charge on any atom is -0.308 e. The zero-order chi connectivity index (χ0) is 41.4. The Morgan fingerprint density at radius 2 is 0.762 bits per heavy atom. The maximum Gasteiger partial charge on any atom is 0.160 e. The molecule has 11 aromatic carbocycles. The first kappa shape index (κ1) is 35.4. The zero-order valence-corrected chi connectivity index (χ0v) is 34.2. The molecule has 2 aromatic heterocycles. The smallest absolute Gasteiger partial charge is 0.160 e. The number of nitrogens with zero attached hydrogens (tertiary/aromatic N) is 3. The van der Waals surface area contributed by atoms with Crippen LogP contribution in [0.4, 0.5) is 0 Å². The highest BCUT2D eigenvalue weighted by molar-refractivity contribution is 6.28. The summed E-state index contributed by atoms with van der Waals surface area (Å²) in [5.41, 5.74) is 10.7. The van der Waals surface area contributed by atoms with Crippen LogP contribution in [0.1, 0.15) is 0 Å². The molecule has 13 rings (SSSR count). The summed E-state index contributed by atoms with van der Waals surface area (Å²) in [6.45, 7) is 0. The molecule has 3 heteroatoms. The monoisotopic (exact) mass is 799 g/mol. The fourth-order valence-corrected chi connectivity index (χ4v) is 10.1. The maximum absolute atomic E-state index is 5.17. The second-order valence-corrected chi connectivity index (χ2v) is 16.5. The highest BCUT2D eigenvalue weighted by atomic mass is 15.0. The molecule has 3 nitrogen and oxygen atoms in total. The number of hydrogen-bond donors (Lipinski definition) is 0. The van der Waals surface area contributed by atoms with Gasteiger partial charge in [0.25, 0.3) is 0 Å². The fourth-order valence-electron chi connectivity index (χ4n) is 10.1. The Morgan fingerprint density at radius 3 is 1.43 bits per heavy atom. The van der Waals surface area contributed by atoms with Crippen LogP contribution in [0.25, 0.3) is 126 Å². The summed E-state index contributed by atoms with van der Waals surface area (Å²) in [5, 5.41) is 15.0. The van der Waals surface area contributed by atoms with Crippen LogP contribution in [0.5, 0.6) is 0 Å². The number of fused-ring (bicyclic) bond motifs is 12. The number of hydrogen-bond acceptors (Lipinski definition) is 2. The Hall–Kier alpha value is -8.40. The molecule has 0 aliphatic rings. The number of aromatic nitrogens is 3. The van der Waals surface area contributed by atoms with Crippen molar-refractivity contribution in [2.75, 3.05) is 0 Å². The van der Waals surface area contributed by atoms with Crippen molar-refractivity contribution in [3.8, 4) is 50.7 Å². The largest absolute Gasteiger partial charge is 0.308 e. The Labute approximate surface area is 363 Å². The fraction of sp³-hybridized carbons (Fsp3) is 0. The first-order valence-corrected chi connectivity index (χ1v) is 21.6. The second kappa shape index (κ2) is 14.1. The quantitative estimate of drug-likeness (QED) is 0.162. The summed E-state index contributed by atoms with van der Waals surface area (Å²) in [7, 11) is 0. The molecule has 292 valence electrons. The summed E-state index contributed by atoms with van der Waals surface area (Å²) in [6.07, 6.45) is 0. The van der Waals surface area contributed by atoms with Gasteiger partial charge in [-0.25, -0.2) is 9.97 Å². The molecule has 0 aliphatic heterocycles. The van der Waals surface area contributed by atoms with Gasteiger partial charge in [0.1, 0.15) is 0 Å². The summed E-state index contributed by atoms with van der Waals surface area (Å²) in [5.74, 6) is 0.706. The van der Waals surface area contributed by atoms with E-state index < -0.39 is 0 Å². The topological polar surface area (TPSA) is 30.7 Å². The van der Waals surface area contributed by atoms with Crippen molar-refractivity contribution in [2.45, 2.75) is 0 Å². The lowest BCUT2D eigenvalue weighted by atomic mass is 9.90. The van der Waals surface area contributed by atoms with E-state index in [1.807, 2.05) is 24.3 Å². The lowest BCUT2D eigenvalue weighted by Crippen LogP contribution is -1.98. The van der Waals surface area contributed by atoms with E-state index in [0.717, 1.165) is 33.8 Å². The summed E-state index contributed by atoms with van der Waals surface area (Å²) in [6, 6.07) is 81.2. The molecule has 0 unspecified atom stereocenters. The average molecular weight is 800 g/mol. The van der Waals surface area contributed by atoms with Crippen LogP contribution in [0.2, 0.25) is 0 Å². The minimum atomic E-state index is 0.706. The second-order valence-electron chi connectivity index (χ2n) is 16.5. The first-order chi connectivity index (χ1) is 31.2. The molecule has 0 atom stereocenters. The highest BCUT2D eigenvalue weighted by Crippen LogP contribution is 2.46. The van der Waals surface area contributed by atoms with Gasteiger partial charge in [-0.3, -0.25) is 0 Å². The molecular weight excluding hydrogens is 763 g/mol. The van der Waals surface area contributed by atoms with E-state index in [4.69, 9.17) is 9.97 Å². The molecule has 63 heavy (non-hydrogen) atoms. The Morgan fingerprint density at radius 1 is 0.270 bits per heavy atom. The van der Waals surface area contributed by atoms with E-state index in [-0.39, 0.29) is 0 Å². The van der Waals surface area contributed by atoms with Crippen LogP contribution in [0, 0.1) is 0 Å². The minimum absolute atomic E-state index is 0.706. The third kappa shape index (κ3) is 5.60. The Bertz CT molecular complexity index is 3850. The van der Waals surface area contributed by atoms with Crippen LogP contribution in [-0.4, -0.2) is 14.5 Å². The number of rotatable bonds is 5. The van der Waals surface area contributed by atoms with Gasteiger partial charge in [-0.05, 0) is 84.4 Å². The van der Waals surface area contributed by atoms with E-state index >= 15 is 0 Å². The predicted molar refractivity (Wildman–Crippen MR) is 266 cm³/mol. The van der Waals surface area contributed by atoms with Crippen LogP contribution >= 0.6 is 0 Å². The van der Waals surface area contributed by atoms with Gasteiger partial charge in [0.15, 0.2) is 5.82 Å². The predicted octanol–water partition coefficient (Wildman–Crippen LogP) is 16.0. The normalized spacial score (nSPS) is 11.8. The van der Waals surface area contributed by atoms with E-state index in [1.54, 1.807) is 0 Å².